The first kappa shape index (κ1) is 13.5. The van der Waals surface area contributed by atoms with Crippen LogP contribution >= 0.6 is 0 Å². The van der Waals surface area contributed by atoms with Crippen LogP contribution in [0.2, 0.25) is 0 Å². The van der Waals surface area contributed by atoms with Gasteiger partial charge in [0.25, 0.3) is 10.2 Å². The highest BCUT2D eigenvalue weighted by Gasteiger charge is 2.34. The third-order valence-corrected chi connectivity index (χ3v) is 4.79. The SMILES string of the molecule is CNS(=O)(=O)N[C@@H]1CC2=C(C)[C@H](C)N=C(C)N2C1. The van der Waals surface area contributed by atoms with Crippen LogP contribution in [0.3, 0.4) is 0 Å². The van der Waals surface area contributed by atoms with E-state index < -0.39 is 10.2 Å². The van der Waals surface area contributed by atoms with Crippen molar-refractivity contribution in [2.75, 3.05) is 13.6 Å². The maximum atomic E-state index is 11.5. The number of nitrogens with zero attached hydrogens (tertiary/aromatic N) is 2. The minimum atomic E-state index is -3.38. The van der Waals surface area contributed by atoms with E-state index in [1.807, 2.05) is 6.92 Å². The van der Waals surface area contributed by atoms with Gasteiger partial charge in [0.2, 0.25) is 0 Å². The maximum absolute atomic E-state index is 11.5. The fourth-order valence-corrected chi connectivity index (χ4v) is 3.20. The van der Waals surface area contributed by atoms with Crippen LogP contribution in [-0.4, -0.2) is 44.8 Å². The summed E-state index contributed by atoms with van der Waals surface area (Å²) in [5.74, 6) is 0.967. The maximum Gasteiger partial charge on any atom is 0.276 e. The Labute approximate surface area is 108 Å². The minimum Gasteiger partial charge on any atom is -0.332 e. The van der Waals surface area contributed by atoms with E-state index in [1.165, 1.54) is 18.3 Å². The van der Waals surface area contributed by atoms with Gasteiger partial charge in [0.1, 0.15) is 5.84 Å². The normalized spacial score (nSPS) is 28.4. The van der Waals surface area contributed by atoms with Gasteiger partial charge in [-0.3, -0.25) is 4.99 Å². The molecule has 1 saturated heterocycles. The summed E-state index contributed by atoms with van der Waals surface area (Å²) in [6.45, 7) is 6.75. The lowest BCUT2D eigenvalue weighted by Gasteiger charge is -2.28. The number of rotatable bonds is 3. The molecule has 2 rings (SSSR count). The van der Waals surface area contributed by atoms with Gasteiger partial charge in [0.15, 0.2) is 0 Å². The van der Waals surface area contributed by atoms with Crippen molar-refractivity contribution in [1.82, 2.24) is 14.3 Å². The lowest BCUT2D eigenvalue weighted by atomic mass is 10.0. The van der Waals surface area contributed by atoms with Gasteiger partial charge in [-0.25, -0.2) is 4.72 Å². The van der Waals surface area contributed by atoms with E-state index in [0.29, 0.717) is 6.54 Å². The number of aliphatic imine (C=N–C) groups is 1. The Morgan fingerprint density at radius 2 is 2.06 bits per heavy atom. The van der Waals surface area contributed by atoms with Crippen molar-refractivity contribution in [3.8, 4) is 0 Å². The average Bonchev–Trinajstić information content (AvgIpc) is 2.70. The molecule has 0 aromatic carbocycles. The highest BCUT2D eigenvalue weighted by Crippen LogP contribution is 2.31. The van der Waals surface area contributed by atoms with Crippen LogP contribution in [0.1, 0.15) is 27.2 Å². The number of hydrogen-bond acceptors (Lipinski definition) is 4. The van der Waals surface area contributed by atoms with Gasteiger partial charge in [-0.2, -0.15) is 13.1 Å². The predicted octanol–water partition coefficient (Wildman–Crippen LogP) is 0.209. The predicted molar refractivity (Wildman–Crippen MR) is 71.5 cm³/mol. The molecule has 0 aliphatic carbocycles. The summed E-state index contributed by atoms with van der Waals surface area (Å²) in [4.78, 5) is 6.66. The third-order valence-electron chi connectivity index (χ3n) is 3.61. The molecule has 6 nitrogen and oxygen atoms in total. The Morgan fingerprint density at radius 3 is 2.67 bits per heavy atom. The smallest absolute Gasteiger partial charge is 0.276 e. The van der Waals surface area contributed by atoms with Gasteiger partial charge in [-0.15, -0.1) is 0 Å². The largest absolute Gasteiger partial charge is 0.332 e. The zero-order valence-corrected chi connectivity index (χ0v) is 12.0. The van der Waals surface area contributed by atoms with Crippen molar-refractivity contribution in [2.45, 2.75) is 39.3 Å². The molecular weight excluding hydrogens is 252 g/mol. The van der Waals surface area contributed by atoms with Crippen molar-refractivity contribution in [3.63, 3.8) is 0 Å². The molecule has 0 unspecified atom stereocenters. The molecule has 18 heavy (non-hydrogen) atoms. The van der Waals surface area contributed by atoms with E-state index in [4.69, 9.17) is 0 Å². The quantitative estimate of drug-likeness (QED) is 0.771. The number of hydrogen-bond donors (Lipinski definition) is 2. The number of nitrogens with one attached hydrogen (secondary N) is 2. The van der Waals surface area contributed by atoms with Gasteiger partial charge in [0, 0.05) is 31.8 Å². The molecular formula is C11H20N4O2S. The Kier molecular flexibility index (Phi) is 3.48. The first-order chi connectivity index (χ1) is 8.34. The molecule has 2 aliphatic heterocycles. The zero-order chi connectivity index (χ0) is 13.5. The summed E-state index contributed by atoms with van der Waals surface area (Å²) in [7, 11) is -1.98. The molecule has 0 aromatic heterocycles. The molecule has 2 atom stereocenters. The first-order valence-electron chi connectivity index (χ1n) is 6.06. The van der Waals surface area contributed by atoms with Gasteiger partial charge in [-0.05, 0) is 26.3 Å². The lowest BCUT2D eigenvalue weighted by molar-refractivity contribution is 0.507. The summed E-state index contributed by atoms with van der Waals surface area (Å²) >= 11 is 0. The van der Waals surface area contributed by atoms with E-state index >= 15 is 0 Å². The van der Waals surface area contributed by atoms with Crippen molar-refractivity contribution < 1.29 is 8.42 Å². The second-order valence-corrected chi connectivity index (χ2v) is 6.47. The van der Waals surface area contributed by atoms with Crippen LogP contribution < -0.4 is 9.44 Å². The van der Waals surface area contributed by atoms with Crippen LogP contribution in [0.4, 0.5) is 0 Å². The average molecular weight is 272 g/mol. The van der Waals surface area contributed by atoms with Gasteiger partial charge in [-0.1, -0.05) is 0 Å². The lowest BCUT2D eigenvalue weighted by Crippen LogP contribution is -2.43. The van der Waals surface area contributed by atoms with Gasteiger partial charge < -0.3 is 4.90 Å². The molecule has 0 bridgehead atoms. The van der Waals surface area contributed by atoms with E-state index in [1.54, 1.807) is 0 Å². The summed E-state index contributed by atoms with van der Waals surface area (Å²) in [5.41, 5.74) is 2.44. The molecule has 1 fully saturated rings. The standard InChI is InChI=1S/C11H20N4O2S/c1-7-8(2)13-9(3)15-6-10(5-11(7)15)14-18(16,17)12-4/h8,10,12,14H,5-6H2,1-4H3/t8-,10+/m0/s1. The van der Waals surface area contributed by atoms with Crippen LogP contribution in [0.15, 0.2) is 16.3 Å². The molecule has 0 aromatic rings. The molecule has 0 spiro atoms. The van der Waals surface area contributed by atoms with Crippen LogP contribution in [-0.2, 0) is 10.2 Å². The molecule has 2 aliphatic rings. The summed E-state index contributed by atoms with van der Waals surface area (Å²) in [5, 5.41) is 0. The summed E-state index contributed by atoms with van der Waals surface area (Å²) in [6, 6.07) is 0.0961. The van der Waals surface area contributed by atoms with E-state index in [2.05, 4.69) is 33.2 Å². The fraction of sp³-hybridized carbons (Fsp3) is 0.727. The molecule has 2 heterocycles. The molecule has 7 heteroatoms. The van der Waals surface area contributed by atoms with E-state index in [0.717, 1.165) is 12.3 Å². The first-order valence-corrected chi connectivity index (χ1v) is 7.54. The second kappa shape index (κ2) is 4.64. The monoisotopic (exact) mass is 272 g/mol. The Bertz CT molecular complexity index is 509. The van der Waals surface area contributed by atoms with E-state index in [9.17, 15) is 8.42 Å². The highest BCUT2D eigenvalue weighted by atomic mass is 32.2. The number of amidine groups is 1. The summed E-state index contributed by atoms with van der Waals surface area (Å²) < 4.78 is 27.9. The third kappa shape index (κ3) is 2.43. The highest BCUT2D eigenvalue weighted by molar-refractivity contribution is 7.87. The molecule has 2 N–H and O–H groups in total. The Balaban J connectivity index is 2.19. The fourth-order valence-electron chi connectivity index (χ4n) is 2.49. The second-order valence-electron chi connectivity index (χ2n) is 4.82. The molecule has 0 amide bonds. The molecule has 102 valence electrons. The topological polar surface area (TPSA) is 73.8 Å². The van der Waals surface area contributed by atoms with Crippen molar-refractivity contribution in [3.05, 3.63) is 11.3 Å². The van der Waals surface area contributed by atoms with Crippen LogP contribution in [0.5, 0.6) is 0 Å². The minimum absolute atomic E-state index is 0.0946. The van der Waals surface area contributed by atoms with Crippen LogP contribution in [0.25, 0.3) is 0 Å². The molecule has 0 saturated carbocycles. The zero-order valence-electron chi connectivity index (χ0n) is 11.2. The Hall–Kier alpha value is -0.920. The van der Waals surface area contributed by atoms with Gasteiger partial charge >= 0.3 is 0 Å². The Morgan fingerprint density at radius 1 is 1.39 bits per heavy atom. The van der Waals surface area contributed by atoms with Gasteiger partial charge in [0.05, 0.1) is 6.04 Å². The molecule has 0 radical (unpaired) electrons. The van der Waals surface area contributed by atoms with Crippen molar-refractivity contribution >= 4 is 16.0 Å². The number of fused-ring (bicyclic) bond motifs is 1. The summed E-state index contributed by atoms with van der Waals surface area (Å²) in [6.07, 6.45) is 0.726. The van der Waals surface area contributed by atoms with E-state index in [-0.39, 0.29) is 12.1 Å². The van der Waals surface area contributed by atoms with Crippen molar-refractivity contribution in [2.24, 2.45) is 4.99 Å². The van der Waals surface area contributed by atoms with Crippen LogP contribution in [0, 0.1) is 0 Å². The van der Waals surface area contributed by atoms with Crippen molar-refractivity contribution in [1.29, 1.82) is 0 Å².